The number of piperidine rings is 1. The summed E-state index contributed by atoms with van der Waals surface area (Å²) < 4.78 is 2.17. The maximum absolute atomic E-state index is 12.8. The molecule has 0 saturated carbocycles. The maximum atomic E-state index is 12.8. The fraction of sp³-hybridized carbons (Fsp3) is 0.308. The fourth-order valence-corrected chi connectivity index (χ4v) is 4.74. The van der Waals surface area contributed by atoms with Gasteiger partial charge >= 0.3 is 0 Å². The number of likely N-dealkylation sites (tertiary alicyclic amines) is 1. The van der Waals surface area contributed by atoms with Gasteiger partial charge in [0.15, 0.2) is 0 Å². The number of imide groups is 1. The molecule has 1 aromatic heterocycles. The van der Waals surface area contributed by atoms with Crippen LogP contribution in [0.4, 0.5) is 5.69 Å². The van der Waals surface area contributed by atoms with Crippen molar-refractivity contribution < 1.29 is 14.7 Å². The number of anilines is 1. The van der Waals surface area contributed by atoms with E-state index < -0.39 is 5.91 Å². The minimum absolute atomic E-state index is 0.163. The number of nitrogens with one attached hydrogen (secondary N) is 2. The van der Waals surface area contributed by atoms with Crippen LogP contribution in [0, 0.1) is 0 Å². The first-order valence-corrected chi connectivity index (χ1v) is 11.5. The quantitative estimate of drug-likeness (QED) is 0.488. The molecule has 3 heterocycles. The van der Waals surface area contributed by atoms with Gasteiger partial charge < -0.3 is 19.9 Å². The highest BCUT2D eigenvalue weighted by atomic mass is 16.3. The molecule has 1 saturated heterocycles. The topological polar surface area (TPSA) is 86.6 Å². The summed E-state index contributed by atoms with van der Waals surface area (Å²) in [6.07, 6.45) is 4.47. The second-order valence-corrected chi connectivity index (χ2v) is 8.70. The number of fused-ring (bicyclic) bond motifs is 1. The van der Waals surface area contributed by atoms with E-state index in [1.807, 2.05) is 54.7 Å². The van der Waals surface area contributed by atoms with Gasteiger partial charge in [0.1, 0.15) is 5.70 Å². The molecule has 5 rings (SSSR count). The second kappa shape index (κ2) is 9.21. The Morgan fingerprint density at radius 2 is 1.67 bits per heavy atom. The number of rotatable bonds is 7. The standard InChI is InChI=1S/C26H28N4O3/c31-19-11-15-29(16-12-19)13-6-14-30-17-21(20-9-4-5-10-22(20)30)23-24(26(33)28-25(23)32)27-18-7-2-1-3-8-18/h1-5,7-10,17,19,31H,6,11-16H2,(H2,27,28,32,33). The van der Waals surface area contributed by atoms with Crippen LogP contribution in [-0.2, 0) is 16.1 Å². The molecule has 33 heavy (non-hydrogen) atoms. The number of nitrogens with zero attached hydrogens (tertiary/aromatic N) is 2. The number of aliphatic hydroxyl groups is 1. The van der Waals surface area contributed by atoms with E-state index in [1.165, 1.54) is 0 Å². The first-order chi connectivity index (χ1) is 16.1. The number of amides is 2. The van der Waals surface area contributed by atoms with Crippen LogP contribution >= 0.6 is 0 Å². The van der Waals surface area contributed by atoms with Crippen molar-refractivity contribution in [2.24, 2.45) is 0 Å². The lowest BCUT2D eigenvalue weighted by Gasteiger charge is -2.29. The van der Waals surface area contributed by atoms with E-state index in [0.717, 1.165) is 67.6 Å². The number of hydrogen-bond donors (Lipinski definition) is 3. The second-order valence-electron chi connectivity index (χ2n) is 8.70. The summed E-state index contributed by atoms with van der Waals surface area (Å²) in [5.41, 5.74) is 3.21. The Labute approximate surface area is 192 Å². The van der Waals surface area contributed by atoms with E-state index in [0.29, 0.717) is 5.57 Å². The summed E-state index contributed by atoms with van der Waals surface area (Å²) >= 11 is 0. The third-order valence-electron chi connectivity index (χ3n) is 6.46. The minimum Gasteiger partial charge on any atom is -0.393 e. The van der Waals surface area contributed by atoms with Gasteiger partial charge in [0.25, 0.3) is 11.8 Å². The molecule has 0 spiro atoms. The minimum atomic E-state index is -0.414. The van der Waals surface area contributed by atoms with E-state index in [4.69, 9.17) is 0 Å². The van der Waals surface area contributed by atoms with Crippen LogP contribution in [0.5, 0.6) is 0 Å². The Morgan fingerprint density at radius 1 is 0.939 bits per heavy atom. The fourth-order valence-electron chi connectivity index (χ4n) is 4.74. The van der Waals surface area contributed by atoms with Crippen LogP contribution in [0.15, 0.2) is 66.5 Å². The number of carbonyl (C=O) groups excluding carboxylic acids is 2. The van der Waals surface area contributed by atoms with Crippen LogP contribution in [0.25, 0.3) is 16.5 Å². The highest BCUT2D eigenvalue weighted by molar-refractivity contribution is 6.38. The molecule has 170 valence electrons. The molecule has 0 aliphatic carbocycles. The summed E-state index contributed by atoms with van der Waals surface area (Å²) in [6.45, 7) is 3.64. The zero-order valence-corrected chi connectivity index (χ0v) is 18.5. The number of aliphatic hydroxyl groups excluding tert-OH is 1. The molecule has 1 fully saturated rings. The summed E-state index contributed by atoms with van der Waals surface area (Å²) in [5.74, 6) is -0.795. The average Bonchev–Trinajstić information content (AvgIpc) is 3.32. The van der Waals surface area contributed by atoms with Gasteiger partial charge in [-0.15, -0.1) is 0 Å². The molecule has 0 unspecified atom stereocenters. The van der Waals surface area contributed by atoms with Crippen LogP contribution < -0.4 is 10.6 Å². The van der Waals surface area contributed by atoms with Crippen molar-refractivity contribution in [3.63, 3.8) is 0 Å². The molecule has 2 aliphatic heterocycles. The number of hydrogen-bond acceptors (Lipinski definition) is 5. The number of aromatic nitrogens is 1. The molecule has 7 heteroatoms. The largest absolute Gasteiger partial charge is 0.393 e. The Balaban J connectivity index is 1.44. The van der Waals surface area contributed by atoms with Gasteiger partial charge in [0.05, 0.1) is 11.7 Å². The van der Waals surface area contributed by atoms with Crippen molar-refractivity contribution in [3.8, 4) is 0 Å². The Morgan fingerprint density at radius 3 is 2.45 bits per heavy atom. The van der Waals surface area contributed by atoms with Gasteiger partial charge in [-0.05, 0) is 44.0 Å². The van der Waals surface area contributed by atoms with E-state index >= 15 is 0 Å². The zero-order valence-electron chi connectivity index (χ0n) is 18.5. The zero-order chi connectivity index (χ0) is 22.8. The Kier molecular flexibility index (Phi) is 5.98. The highest BCUT2D eigenvalue weighted by Gasteiger charge is 2.33. The maximum Gasteiger partial charge on any atom is 0.275 e. The number of carbonyl (C=O) groups is 2. The predicted molar refractivity (Wildman–Crippen MR) is 128 cm³/mol. The van der Waals surface area contributed by atoms with Crippen LogP contribution in [0.3, 0.4) is 0 Å². The lowest BCUT2D eigenvalue weighted by Crippen LogP contribution is -2.36. The lowest BCUT2D eigenvalue weighted by molar-refractivity contribution is -0.123. The van der Waals surface area contributed by atoms with E-state index in [-0.39, 0.29) is 17.7 Å². The molecule has 0 atom stereocenters. The molecular weight excluding hydrogens is 416 g/mol. The predicted octanol–water partition coefficient (Wildman–Crippen LogP) is 2.97. The first kappa shape index (κ1) is 21.4. The van der Waals surface area contributed by atoms with Crippen LogP contribution in [-0.4, -0.2) is 52.1 Å². The molecule has 0 bridgehead atoms. The molecule has 3 aromatic rings. The Hall–Kier alpha value is -3.42. The Bertz CT molecular complexity index is 1210. The van der Waals surface area contributed by atoms with Gasteiger partial charge in [-0.25, -0.2) is 0 Å². The number of para-hydroxylation sites is 2. The summed E-state index contributed by atoms with van der Waals surface area (Å²) in [6, 6.07) is 17.4. The van der Waals surface area contributed by atoms with Crippen LogP contribution in [0.2, 0.25) is 0 Å². The van der Waals surface area contributed by atoms with Gasteiger partial charge in [0, 0.05) is 48.0 Å². The third-order valence-corrected chi connectivity index (χ3v) is 6.46. The monoisotopic (exact) mass is 444 g/mol. The summed E-state index contributed by atoms with van der Waals surface area (Å²) in [7, 11) is 0. The van der Waals surface area contributed by atoms with Gasteiger partial charge in [-0.3, -0.25) is 14.9 Å². The third kappa shape index (κ3) is 4.42. The van der Waals surface area contributed by atoms with Gasteiger partial charge in [-0.2, -0.15) is 0 Å². The smallest absolute Gasteiger partial charge is 0.275 e. The average molecular weight is 445 g/mol. The van der Waals surface area contributed by atoms with Crippen molar-refractivity contribution in [2.45, 2.75) is 31.9 Å². The van der Waals surface area contributed by atoms with Crippen molar-refractivity contribution in [1.29, 1.82) is 0 Å². The lowest BCUT2D eigenvalue weighted by atomic mass is 10.0. The molecular formula is C26H28N4O3. The number of aryl methyl sites for hydroxylation is 1. The number of benzene rings is 2. The van der Waals surface area contributed by atoms with Crippen molar-refractivity contribution in [3.05, 3.63) is 72.1 Å². The van der Waals surface area contributed by atoms with Gasteiger partial charge in [-0.1, -0.05) is 36.4 Å². The normalized spacial score (nSPS) is 17.7. The summed E-state index contributed by atoms with van der Waals surface area (Å²) in [4.78, 5) is 27.8. The molecule has 2 aromatic carbocycles. The van der Waals surface area contributed by atoms with Gasteiger partial charge in [0.2, 0.25) is 0 Å². The summed E-state index contributed by atoms with van der Waals surface area (Å²) in [5, 5.41) is 16.3. The SMILES string of the molecule is O=C1NC(=O)C(c2cn(CCCN3CCC(O)CC3)c3ccccc23)=C1Nc1ccccc1. The molecule has 7 nitrogen and oxygen atoms in total. The molecule has 2 aliphatic rings. The van der Waals surface area contributed by atoms with E-state index in [1.54, 1.807) is 0 Å². The first-order valence-electron chi connectivity index (χ1n) is 11.5. The van der Waals surface area contributed by atoms with Crippen molar-refractivity contribution in [2.75, 3.05) is 25.0 Å². The molecule has 0 radical (unpaired) electrons. The van der Waals surface area contributed by atoms with Crippen LogP contribution in [0.1, 0.15) is 24.8 Å². The molecule has 2 amide bonds. The van der Waals surface area contributed by atoms with E-state index in [2.05, 4.69) is 26.2 Å². The van der Waals surface area contributed by atoms with E-state index in [9.17, 15) is 14.7 Å². The highest BCUT2D eigenvalue weighted by Crippen LogP contribution is 2.32. The van der Waals surface area contributed by atoms with Crippen molar-refractivity contribution in [1.82, 2.24) is 14.8 Å². The molecule has 3 N–H and O–H groups in total. The van der Waals surface area contributed by atoms with Crippen molar-refractivity contribution >= 4 is 34.0 Å².